The van der Waals surface area contributed by atoms with E-state index in [4.69, 9.17) is 32.9 Å². The second-order valence-electron chi connectivity index (χ2n) is 8.10. The molecule has 0 unspecified atom stereocenters. The smallest absolute Gasteiger partial charge is 0.328 e. The largest absolute Gasteiger partial charge is 0.467 e. The zero-order chi connectivity index (χ0) is 23.4. The molecule has 172 valence electrons. The van der Waals surface area contributed by atoms with Gasteiger partial charge in [0.05, 0.1) is 28.4 Å². The van der Waals surface area contributed by atoms with Crippen LogP contribution in [0.5, 0.6) is 0 Å². The Bertz CT molecular complexity index is 1160. The van der Waals surface area contributed by atoms with E-state index in [1.54, 1.807) is 23.1 Å². The molecule has 3 aromatic rings. The number of carbonyl (C=O) groups excluding carboxylic acids is 2. The van der Waals surface area contributed by atoms with Gasteiger partial charge in [-0.25, -0.2) is 14.6 Å². The van der Waals surface area contributed by atoms with Crippen LogP contribution < -0.4 is 5.32 Å². The number of nitrogens with zero attached hydrogens (tertiary/aromatic N) is 2. The summed E-state index contributed by atoms with van der Waals surface area (Å²) in [6.07, 6.45) is 3.41. The first-order valence-corrected chi connectivity index (χ1v) is 11.7. The third-order valence-electron chi connectivity index (χ3n) is 5.84. The Hall–Kier alpha value is -2.83. The first kappa shape index (κ1) is 23.3. The van der Waals surface area contributed by atoms with E-state index in [0.717, 1.165) is 35.7 Å². The van der Waals surface area contributed by atoms with Gasteiger partial charge in [-0.15, -0.1) is 0 Å². The van der Waals surface area contributed by atoms with Crippen LogP contribution in [0.15, 0.2) is 48.5 Å². The highest BCUT2D eigenvalue weighted by atomic mass is 35.5. The van der Waals surface area contributed by atoms with Crippen LogP contribution in [-0.2, 0) is 16.0 Å². The number of nitrogens with one attached hydrogen (secondary N) is 1. The SMILES string of the molecule is COC(=O)[C@H](Cc1ccc2nc(-c3c(Cl)cccc3Cl)ccc2c1)NC(=O)N1CCCCC1. The number of carbonyl (C=O) groups is 2. The molecule has 2 aromatic carbocycles. The maximum atomic E-state index is 12.6. The molecule has 6 nitrogen and oxygen atoms in total. The molecule has 2 amide bonds. The van der Waals surface area contributed by atoms with Gasteiger partial charge in [0.1, 0.15) is 6.04 Å². The van der Waals surface area contributed by atoms with Gasteiger partial charge in [0, 0.05) is 30.5 Å². The van der Waals surface area contributed by atoms with Crippen LogP contribution in [-0.4, -0.2) is 48.1 Å². The van der Waals surface area contributed by atoms with Crippen LogP contribution in [0.3, 0.4) is 0 Å². The van der Waals surface area contributed by atoms with Crippen LogP contribution >= 0.6 is 23.2 Å². The average Bonchev–Trinajstić information content (AvgIpc) is 2.83. The van der Waals surface area contributed by atoms with Crippen LogP contribution in [0.4, 0.5) is 4.79 Å². The molecule has 0 radical (unpaired) electrons. The highest BCUT2D eigenvalue weighted by molar-refractivity contribution is 6.39. The Morgan fingerprint density at radius 1 is 1.06 bits per heavy atom. The van der Waals surface area contributed by atoms with Crippen molar-refractivity contribution < 1.29 is 14.3 Å². The lowest BCUT2D eigenvalue weighted by Crippen LogP contribution is -2.50. The summed E-state index contributed by atoms with van der Waals surface area (Å²) in [6, 6.07) is 13.9. The lowest BCUT2D eigenvalue weighted by Gasteiger charge is -2.28. The summed E-state index contributed by atoms with van der Waals surface area (Å²) in [5.41, 5.74) is 3.05. The summed E-state index contributed by atoms with van der Waals surface area (Å²) in [5, 5.41) is 4.83. The number of piperidine rings is 1. The number of amides is 2. The number of methoxy groups -OCH3 is 1. The standard InChI is InChI=1S/C25H25Cl2N3O3/c1-33-24(31)22(29-25(32)30-12-3-2-4-13-30)15-16-8-10-20-17(14-16)9-11-21(28-20)23-18(26)6-5-7-19(23)27/h5-11,14,22H,2-4,12-13,15H2,1H3,(H,29,32)/t22-/m0/s1. The summed E-state index contributed by atoms with van der Waals surface area (Å²) in [4.78, 5) is 31.5. The van der Waals surface area contributed by atoms with Crippen molar-refractivity contribution in [3.05, 3.63) is 64.1 Å². The van der Waals surface area contributed by atoms with E-state index < -0.39 is 12.0 Å². The third kappa shape index (κ3) is 5.40. The molecule has 0 bridgehead atoms. The fraction of sp³-hybridized carbons (Fsp3) is 0.320. The fourth-order valence-electron chi connectivity index (χ4n) is 4.09. The molecule has 1 aliphatic rings. The zero-order valence-electron chi connectivity index (χ0n) is 18.3. The summed E-state index contributed by atoms with van der Waals surface area (Å²) in [6.45, 7) is 1.41. The molecule has 8 heteroatoms. The van der Waals surface area contributed by atoms with Gasteiger partial charge in [-0.1, -0.05) is 41.4 Å². The number of benzene rings is 2. The molecule has 1 N–H and O–H groups in total. The molecule has 1 aromatic heterocycles. The monoisotopic (exact) mass is 485 g/mol. The molecule has 33 heavy (non-hydrogen) atoms. The predicted molar refractivity (Wildman–Crippen MR) is 131 cm³/mol. The maximum absolute atomic E-state index is 12.6. The first-order chi connectivity index (χ1) is 16.0. The van der Waals surface area contributed by atoms with Crippen molar-refractivity contribution in [1.29, 1.82) is 0 Å². The first-order valence-electron chi connectivity index (χ1n) is 10.9. The van der Waals surface area contributed by atoms with E-state index in [1.807, 2.05) is 30.3 Å². The molecule has 1 saturated heterocycles. The van der Waals surface area contributed by atoms with Crippen molar-refractivity contribution >= 4 is 46.1 Å². The van der Waals surface area contributed by atoms with E-state index in [2.05, 4.69) is 5.32 Å². The molecule has 0 saturated carbocycles. The fourth-order valence-corrected chi connectivity index (χ4v) is 4.68. The minimum absolute atomic E-state index is 0.228. The Kier molecular flexibility index (Phi) is 7.36. The average molecular weight is 486 g/mol. The van der Waals surface area contributed by atoms with Gasteiger partial charge in [-0.2, -0.15) is 0 Å². The van der Waals surface area contributed by atoms with Gasteiger partial charge >= 0.3 is 12.0 Å². The van der Waals surface area contributed by atoms with Crippen molar-refractivity contribution in [2.24, 2.45) is 0 Å². The van der Waals surface area contributed by atoms with Crippen LogP contribution in [0, 0.1) is 0 Å². The van der Waals surface area contributed by atoms with E-state index in [9.17, 15) is 9.59 Å². The number of hydrogen-bond donors (Lipinski definition) is 1. The van der Waals surface area contributed by atoms with E-state index in [0.29, 0.717) is 40.8 Å². The Morgan fingerprint density at radius 2 is 1.79 bits per heavy atom. The highest BCUT2D eigenvalue weighted by Crippen LogP contribution is 2.34. The van der Waals surface area contributed by atoms with E-state index in [-0.39, 0.29) is 6.03 Å². The Labute approximate surface area is 202 Å². The van der Waals surface area contributed by atoms with E-state index >= 15 is 0 Å². The molecular formula is C25H25Cl2N3O3. The highest BCUT2D eigenvalue weighted by Gasteiger charge is 2.25. The molecule has 1 fully saturated rings. The molecule has 1 atom stereocenters. The van der Waals surface area contributed by atoms with Crippen LogP contribution in [0.25, 0.3) is 22.2 Å². The lowest BCUT2D eigenvalue weighted by atomic mass is 10.0. The minimum Gasteiger partial charge on any atom is -0.467 e. The van der Waals surface area contributed by atoms with E-state index in [1.165, 1.54) is 7.11 Å². The number of ether oxygens (including phenoxy) is 1. The van der Waals surface area contributed by atoms with Crippen LogP contribution in [0.1, 0.15) is 24.8 Å². The van der Waals surface area contributed by atoms with Crippen molar-refractivity contribution in [1.82, 2.24) is 15.2 Å². The van der Waals surface area contributed by atoms with Gasteiger partial charge in [0.15, 0.2) is 0 Å². The number of pyridine rings is 1. The Morgan fingerprint density at radius 3 is 2.48 bits per heavy atom. The van der Waals surface area contributed by atoms with Crippen molar-refractivity contribution in [3.8, 4) is 11.3 Å². The molecule has 0 spiro atoms. The molecular weight excluding hydrogens is 461 g/mol. The summed E-state index contributed by atoms with van der Waals surface area (Å²) in [7, 11) is 1.33. The number of aromatic nitrogens is 1. The van der Waals surface area contributed by atoms with Gasteiger partial charge in [-0.3, -0.25) is 0 Å². The number of fused-ring (bicyclic) bond motifs is 1. The third-order valence-corrected chi connectivity index (χ3v) is 6.47. The minimum atomic E-state index is -0.768. The number of esters is 1. The number of likely N-dealkylation sites (tertiary alicyclic amines) is 1. The summed E-state index contributed by atoms with van der Waals surface area (Å²) < 4.78 is 4.94. The summed E-state index contributed by atoms with van der Waals surface area (Å²) in [5.74, 6) is -0.470. The van der Waals surface area contributed by atoms with Gasteiger partial charge in [-0.05, 0) is 55.2 Å². The summed E-state index contributed by atoms with van der Waals surface area (Å²) >= 11 is 12.7. The molecule has 4 rings (SSSR count). The van der Waals surface area contributed by atoms with Gasteiger partial charge < -0.3 is 15.0 Å². The number of halogens is 2. The maximum Gasteiger partial charge on any atom is 0.328 e. The quantitative estimate of drug-likeness (QED) is 0.485. The van der Waals surface area contributed by atoms with Crippen molar-refractivity contribution in [2.45, 2.75) is 31.7 Å². The van der Waals surface area contributed by atoms with Gasteiger partial charge in [0.2, 0.25) is 0 Å². The number of rotatable bonds is 5. The Balaban J connectivity index is 1.55. The second kappa shape index (κ2) is 10.4. The van der Waals surface area contributed by atoms with Crippen LogP contribution in [0.2, 0.25) is 10.0 Å². The number of hydrogen-bond acceptors (Lipinski definition) is 4. The zero-order valence-corrected chi connectivity index (χ0v) is 19.8. The lowest BCUT2D eigenvalue weighted by molar-refractivity contribution is -0.142. The molecule has 2 heterocycles. The predicted octanol–water partition coefficient (Wildman–Crippen LogP) is 5.49. The second-order valence-corrected chi connectivity index (χ2v) is 8.91. The normalized spacial score (nSPS) is 14.7. The van der Waals surface area contributed by atoms with Crippen molar-refractivity contribution in [3.63, 3.8) is 0 Å². The number of urea groups is 1. The van der Waals surface area contributed by atoms with Gasteiger partial charge in [0.25, 0.3) is 0 Å². The topological polar surface area (TPSA) is 71.5 Å². The molecule has 0 aliphatic carbocycles. The molecule has 1 aliphatic heterocycles. The van der Waals surface area contributed by atoms with Crippen molar-refractivity contribution in [2.75, 3.05) is 20.2 Å².